The third kappa shape index (κ3) is 3.44. The Morgan fingerprint density at radius 2 is 2.17 bits per heavy atom. The summed E-state index contributed by atoms with van der Waals surface area (Å²) in [6, 6.07) is 0. The molecule has 0 bridgehead atoms. The third-order valence-corrected chi connectivity index (χ3v) is 0.469. The molecule has 0 rings (SSSR count). The van der Waals surface area contributed by atoms with Crippen LogP contribution in [0.3, 0.4) is 0 Å². The molecule has 1 nitrogen and oxygen atoms in total. The highest BCUT2D eigenvalue weighted by Gasteiger charge is 1.66. The minimum Gasteiger partial charge on any atom is -0.317 e. The SMILES string of the molecule is C=CC[NH2+]C=C. The summed E-state index contributed by atoms with van der Waals surface area (Å²) in [4.78, 5) is 0. The molecule has 0 aliphatic carbocycles. The van der Waals surface area contributed by atoms with Crippen LogP contribution in [0.15, 0.2) is 25.4 Å². The Hall–Kier alpha value is -0.560. The molecule has 0 aliphatic heterocycles. The summed E-state index contributed by atoms with van der Waals surface area (Å²) in [6.45, 7) is 7.95. The second kappa shape index (κ2) is 4.44. The minimum absolute atomic E-state index is 0.934. The van der Waals surface area contributed by atoms with Gasteiger partial charge in [0, 0.05) is 0 Å². The zero-order valence-corrected chi connectivity index (χ0v) is 3.85. The zero-order valence-electron chi connectivity index (χ0n) is 3.85. The average molecular weight is 84.1 g/mol. The van der Waals surface area contributed by atoms with E-state index in [0.717, 1.165) is 6.54 Å². The van der Waals surface area contributed by atoms with E-state index in [4.69, 9.17) is 0 Å². The average Bonchev–Trinajstić information content (AvgIpc) is 1.61. The summed E-state index contributed by atoms with van der Waals surface area (Å²) in [5.41, 5.74) is 0. The molecule has 0 saturated carbocycles. The van der Waals surface area contributed by atoms with Crippen molar-refractivity contribution in [3.05, 3.63) is 25.4 Å². The van der Waals surface area contributed by atoms with Crippen molar-refractivity contribution in [2.24, 2.45) is 0 Å². The van der Waals surface area contributed by atoms with E-state index >= 15 is 0 Å². The number of rotatable bonds is 3. The second-order valence-corrected chi connectivity index (χ2v) is 0.996. The summed E-state index contributed by atoms with van der Waals surface area (Å²) in [5.74, 6) is 0. The Kier molecular flexibility index (Phi) is 4.03. The van der Waals surface area contributed by atoms with Crippen molar-refractivity contribution < 1.29 is 5.32 Å². The third-order valence-electron chi connectivity index (χ3n) is 0.469. The number of hydrogen-bond donors (Lipinski definition) is 1. The summed E-state index contributed by atoms with van der Waals surface area (Å²) in [6.07, 6.45) is 3.60. The molecule has 0 amide bonds. The van der Waals surface area contributed by atoms with Gasteiger partial charge in [0.2, 0.25) is 0 Å². The van der Waals surface area contributed by atoms with Crippen LogP contribution in [0.2, 0.25) is 0 Å². The van der Waals surface area contributed by atoms with Crippen LogP contribution in [0, 0.1) is 0 Å². The molecule has 0 aromatic carbocycles. The van der Waals surface area contributed by atoms with Crippen molar-refractivity contribution in [1.29, 1.82) is 0 Å². The van der Waals surface area contributed by atoms with E-state index in [2.05, 4.69) is 13.2 Å². The van der Waals surface area contributed by atoms with Crippen LogP contribution in [-0.4, -0.2) is 6.54 Å². The van der Waals surface area contributed by atoms with Crippen LogP contribution < -0.4 is 5.32 Å². The van der Waals surface area contributed by atoms with Gasteiger partial charge in [0.05, 0.1) is 12.7 Å². The molecule has 0 saturated heterocycles. The molecule has 0 unspecified atom stereocenters. The largest absolute Gasteiger partial charge is 0.317 e. The van der Waals surface area contributed by atoms with Crippen LogP contribution in [0.5, 0.6) is 0 Å². The van der Waals surface area contributed by atoms with Gasteiger partial charge in [-0.05, 0) is 12.7 Å². The predicted octanol–water partition coefficient (Wildman–Crippen LogP) is -0.121. The Labute approximate surface area is 38.4 Å². The topological polar surface area (TPSA) is 16.6 Å². The number of nitrogens with two attached hydrogens (primary N) is 1. The molecule has 0 radical (unpaired) electrons. The van der Waals surface area contributed by atoms with Gasteiger partial charge < -0.3 is 5.32 Å². The van der Waals surface area contributed by atoms with Crippen molar-refractivity contribution >= 4 is 0 Å². The van der Waals surface area contributed by atoms with Crippen molar-refractivity contribution in [3.8, 4) is 0 Å². The van der Waals surface area contributed by atoms with E-state index in [1.54, 1.807) is 6.20 Å². The zero-order chi connectivity index (χ0) is 4.83. The summed E-state index contributed by atoms with van der Waals surface area (Å²) >= 11 is 0. The maximum Gasteiger partial charge on any atom is 0.0981 e. The molecule has 0 aromatic rings. The van der Waals surface area contributed by atoms with Gasteiger partial charge in [-0.1, -0.05) is 6.58 Å². The molecule has 0 fully saturated rings. The van der Waals surface area contributed by atoms with Crippen LogP contribution in [-0.2, 0) is 0 Å². The van der Waals surface area contributed by atoms with Crippen LogP contribution in [0.1, 0.15) is 0 Å². The van der Waals surface area contributed by atoms with E-state index in [0.29, 0.717) is 0 Å². The van der Waals surface area contributed by atoms with Gasteiger partial charge in [-0.2, -0.15) is 0 Å². The highest BCUT2D eigenvalue weighted by atomic mass is 14.8. The Balaban J connectivity index is 2.66. The van der Waals surface area contributed by atoms with Gasteiger partial charge in [-0.25, -0.2) is 0 Å². The summed E-state index contributed by atoms with van der Waals surface area (Å²) < 4.78 is 0. The fraction of sp³-hybridized carbons (Fsp3) is 0.200. The lowest BCUT2D eigenvalue weighted by Crippen LogP contribution is -2.77. The van der Waals surface area contributed by atoms with Crippen molar-refractivity contribution in [1.82, 2.24) is 0 Å². The Bertz CT molecular complexity index is 39.9. The highest BCUT2D eigenvalue weighted by Crippen LogP contribution is 1.42. The van der Waals surface area contributed by atoms with E-state index < -0.39 is 0 Å². The molecular formula is C5H10N+. The predicted molar refractivity (Wildman–Crippen MR) is 27.2 cm³/mol. The monoisotopic (exact) mass is 84.1 g/mol. The Morgan fingerprint density at radius 3 is 2.33 bits per heavy atom. The molecule has 0 heterocycles. The Morgan fingerprint density at radius 1 is 1.50 bits per heavy atom. The van der Waals surface area contributed by atoms with Crippen LogP contribution >= 0.6 is 0 Å². The summed E-state index contributed by atoms with van der Waals surface area (Å²) in [5, 5.41) is 1.95. The fourth-order valence-corrected chi connectivity index (χ4v) is 0.192. The lowest BCUT2D eigenvalue weighted by atomic mass is 10.6. The molecule has 0 spiro atoms. The van der Waals surface area contributed by atoms with Gasteiger partial charge >= 0.3 is 0 Å². The molecule has 6 heavy (non-hydrogen) atoms. The molecule has 34 valence electrons. The molecular weight excluding hydrogens is 74.1 g/mol. The van der Waals surface area contributed by atoms with Crippen LogP contribution in [0.4, 0.5) is 0 Å². The van der Waals surface area contributed by atoms with E-state index in [1.165, 1.54) is 0 Å². The normalized spacial score (nSPS) is 7.33. The van der Waals surface area contributed by atoms with E-state index in [9.17, 15) is 0 Å². The van der Waals surface area contributed by atoms with E-state index in [1.807, 2.05) is 11.4 Å². The lowest BCUT2D eigenvalue weighted by Gasteiger charge is -1.78. The lowest BCUT2D eigenvalue weighted by molar-refractivity contribution is -0.577. The maximum absolute atomic E-state index is 3.52. The number of hydrogen-bond acceptors (Lipinski definition) is 0. The first-order valence-corrected chi connectivity index (χ1v) is 1.97. The standard InChI is InChI=1S/C5H9N/c1-3-5-6-4-2/h3-4,6H,1-2,5H2/p+1. The van der Waals surface area contributed by atoms with Gasteiger partial charge in [0.15, 0.2) is 0 Å². The summed E-state index contributed by atoms with van der Waals surface area (Å²) in [7, 11) is 0. The van der Waals surface area contributed by atoms with Crippen molar-refractivity contribution in [2.75, 3.05) is 6.54 Å². The van der Waals surface area contributed by atoms with Crippen LogP contribution in [0.25, 0.3) is 0 Å². The first-order valence-electron chi connectivity index (χ1n) is 1.97. The first kappa shape index (κ1) is 5.44. The highest BCUT2D eigenvalue weighted by molar-refractivity contribution is 4.62. The molecule has 0 aromatic heterocycles. The fourth-order valence-electron chi connectivity index (χ4n) is 0.192. The first-order chi connectivity index (χ1) is 2.91. The molecule has 0 aliphatic rings. The quantitative estimate of drug-likeness (QED) is 0.362. The van der Waals surface area contributed by atoms with Crippen molar-refractivity contribution in [2.45, 2.75) is 0 Å². The van der Waals surface area contributed by atoms with Gasteiger partial charge in [-0.15, -0.1) is 0 Å². The minimum atomic E-state index is 0.934. The molecule has 0 atom stereocenters. The van der Waals surface area contributed by atoms with Gasteiger partial charge in [-0.3, -0.25) is 0 Å². The van der Waals surface area contributed by atoms with E-state index in [-0.39, 0.29) is 0 Å². The maximum atomic E-state index is 3.52. The molecule has 1 heteroatoms. The second-order valence-electron chi connectivity index (χ2n) is 0.996. The number of quaternary nitrogens is 1. The smallest absolute Gasteiger partial charge is 0.0981 e. The van der Waals surface area contributed by atoms with Gasteiger partial charge in [0.25, 0.3) is 0 Å². The van der Waals surface area contributed by atoms with Crippen molar-refractivity contribution in [3.63, 3.8) is 0 Å². The molecule has 2 N–H and O–H groups in total. The van der Waals surface area contributed by atoms with Gasteiger partial charge in [0.1, 0.15) is 0 Å².